The Hall–Kier alpha value is -0.970. The van der Waals surface area contributed by atoms with Crippen molar-refractivity contribution in [1.29, 1.82) is 0 Å². The van der Waals surface area contributed by atoms with E-state index >= 15 is 0 Å². The lowest BCUT2D eigenvalue weighted by Gasteiger charge is -1.98. The fourth-order valence-electron chi connectivity index (χ4n) is 1.91. The summed E-state index contributed by atoms with van der Waals surface area (Å²) >= 11 is 7.58. The van der Waals surface area contributed by atoms with Crippen molar-refractivity contribution in [3.8, 4) is 0 Å². The topological polar surface area (TPSA) is 37.8 Å². The maximum absolute atomic E-state index is 5.87. The molecule has 1 fully saturated rings. The number of aromatic nitrogens is 2. The summed E-state index contributed by atoms with van der Waals surface area (Å²) in [4.78, 5) is 0. The van der Waals surface area contributed by atoms with Crippen LogP contribution in [0.1, 0.15) is 28.4 Å². The van der Waals surface area contributed by atoms with Gasteiger partial charge < -0.3 is 5.32 Å². The zero-order valence-electron chi connectivity index (χ0n) is 10.6. The molecule has 0 radical (unpaired) electrons. The van der Waals surface area contributed by atoms with Crippen molar-refractivity contribution in [2.24, 2.45) is 0 Å². The average Bonchev–Trinajstić information content (AvgIpc) is 3.12. The van der Waals surface area contributed by atoms with Crippen LogP contribution in [0.5, 0.6) is 0 Å². The quantitative estimate of drug-likeness (QED) is 0.889. The van der Waals surface area contributed by atoms with Crippen molar-refractivity contribution in [3.63, 3.8) is 0 Å². The first-order valence-corrected chi connectivity index (χ1v) is 7.78. The third-order valence-electron chi connectivity index (χ3n) is 3.13. The Morgan fingerprint density at radius 1 is 1.16 bits per heavy atom. The molecule has 3 rings (SSSR count). The first-order chi connectivity index (χ1) is 9.29. The fraction of sp³-hybridized carbons (Fsp3) is 0.429. The normalized spacial score (nSPS) is 14.8. The van der Waals surface area contributed by atoms with E-state index < -0.39 is 0 Å². The number of rotatable bonds is 6. The van der Waals surface area contributed by atoms with Crippen molar-refractivity contribution < 1.29 is 0 Å². The van der Waals surface area contributed by atoms with E-state index in [-0.39, 0.29) is 0 Å². The molecule has 0 amide bonds. The third-order valence-corrected chi connectivity index (χ3v) is 4.36. The number of benzene rings is 1. The molecular formula is C14H16ClN3S. The lowest BCUT2D eigenvalue weighted by molar-refractivity contribution is 0.677. The molecule has 5 heteroatoms. The smallest absolute Gasteiger partial charge is 0.121 e. The highest BCUT2D eigenvalue weighted by molar-refractivity contribution is 7.11. The van der Waals surface area contributed by atoms with Crippen LogP contribution in [0.25, 0.3) is 0 Å². The molecule has 2 aromatic rings. The summed E-state index contributed by atoms with van der Waals surface area (Å²) in [6.45, 7) is 1.01. The van der Waals surface area contributed by atoms with E-state index in [0.29, 0.717) is 0 Å². The maximum Gasteiger partial charge on any atom is 0.121 e. The van der Waals surface area contributed by atoms with Crippen LogP contribution >= 0.6 is 22.9 Å². The highest BCUT2D eigenvalue weighted by atomic mass is 35.5. The molecule has 1 N–H and O–H groups in total. The van der Waals surface area contributed by atoms with Gasteiger partial charge in [0.15, 0.2) is 0 Å². The van der Waals surface area contributed by atoms with Gasteiger partial charge in [-0.2, -0.15) is 0 Å². The summed E-state index contributed by atoms with van der Waals surface area (Å²) in [5, 5.41) is 15.0. The summed E-state index contributed by atoms with van der Waals surface area (Å²) in [5.74, 6) is 0. The van der Waals surface area contributed by atoms with Crippen LogP contribution in [0.3, 0.4) is 0 Å². The van der Waals surface area contributed by atoms with Gasteiger partial charge in [0.2, 0.25) is 0 Å². The minimum Gasteiger partial charge on any atom is -0.314 e. The van der Waals surface area contributed by atoms with Crippen LogP contribution in [-0.4, -0.2) is 22.8 Å². The number of hydrogen-bond donors (Lipinski definition) is 1. The molecule has 0 spiro atoms. The Morgan fingerprint density at radius 3 is 2.63 bits per heavy atom. The largest absolute Gasteiger partial charge is 0.314 e. The lowest BCUT2D eigenvalue weighted by Crippen LogP contribution is -2.19. The Labute approximate surface area is 122 Å². The Balaban J connectivity index is 1.53. The molecule has 1 aliphatic carbocycles. The third kappa shape index (κ3) is 4.00. The first kappa shape index (κ1) is 13.0. The second kappa shape index (κ2) is 5.99. The van der Waals surface area contributed by atoms with Gasteiger partial charge in [-0.25, -0.2) is 0 Å². The predicted molar refractivity (Wildman–Crippen MR) is 78.9 cm³/mol. The van der Waals surface area contributed by atoms with Gasteiger partial charge in [-0.1, -0.05) is 23.7 Å². The summed E-state index contributed by atoms with van der Waals surface area (Å²) in [5.41, 5.74) is 1.23. The summed E-state index contributed by atoms with van der Waals surface area (Å²) in [6.07, 6.45) is 4.48. The van der Waals surface area contributed by atoms with Crippen molar-refractivity contribution in [1.82, 2.24) is 15.5 Å². The van der Waals surface area contributed by atoms with Gasteiger partial charge in [-0.3, -0.25) is 0 Å². The monoisotopic (exact) mass is 293 g/mol. The molecular weight excluding hydrogens is 278 g/mol. The standard InChI is InChI=1S/C14H16ClN3S/c15-11-3-1-10(2-4-11)9-14-18-17-13(19-14)7-8-16-12-5-6-12/h1-4,12,16H,5-9H2. The predicted octanol–water partition coefficient (Wildman–Crippen LogP) is 3.08. The van der Waals surface area contributed by atoms with Crippen molar-refractivity contribution in [2.45, 2.75) is 31.7 Å². The second-order valence-electron chi connectivity index (χ2n) is 4.87. The molecule has 100 valence electrons. The number of nitrogens with zero attached hydrogens (tertiary/aromatic N) is 2. The summed E-state index contributed by atoms with van der Waals surface area (Å²) in [6, 6.07) is 8.67. The minimum absolute atomic E-state index is 0.765. The number of hydrogen-bond acceptors (Lipinski definition) is 4. The Bertz CT molecular complexity index is 534. The minimum atomic E-state index is 0.765. The molecule has 1 saturated carbocycles. The van der Waals surface area contributed by atoms with E-state index in [1.54, 1.807) is 11.3 Å². The number of nitrogens with one attached hydrogen (secondary N) is 1. The molecule has 0 unspecified atom stereocenters. The molecule has 1 aromatic carbocycles. The zero-order chi connectivity index (χ0) is 13.1. The van der Waals surface area contributed by atoms with Crippen molar-refractivity contribution >= 4 is 22.9 Å². The van der Waals surface area contributed by atoms with Crippen LogP contribution in [0.2, 0.25) is 5.02 Å². The van der Waals surface area contributed by atoms with E-state index in [9.17, 15) is 0 Å². The van der Waals surface area contributed by atoms with Crippen LogP contribution in [0.4, 0.5) is 0 Å². The Morgan fingerprint density at radius 2 is 1.89 bits per heavy atom. The average molecular weight is 294 g/mol. The van der Waals surface area contributed by atoms with Gasteiger partial charge in [0.05, 0.1) is 0 Å². The zero-order valence-corrected chi connectivity index (χ0v) is 12.2. The van der Waals surface area contributed by atoms with Crippen molar-refractivity contribution in [3.05, 3.63) is 44.9 Å². The van der Waals surface area contributed by atoms with Crippen LogP contribution < -0.4 is 5.32 Å². The van der Waals surface area contributed by atoms with E-state index in [1.165, 1.54) is 18.4 Å². The first-order valence-electron chi connectivity index (χ1n) is 6.59. The summed E-state index contributed by atoms with van der Waals surface area (Å²) in [7, 11) is 0. The van der Waals surface area contributed by atoms with Gasteiger partial charge in [0.25, 0.3) is 0 Å². The molecule has 1 aliphatic rings. The Kier molecular flexibility index (Phi) is 4.11. The second-order valence-corrected chi connectivity index (χ2v) is 6.45. The lowest BCUT2D eigenvalue weighted by atomic mass is 10.2. The highest BCUT2D eigenvalue weighted by Crippen LogP contribution is 2.19. The molecule has 0 saturated heterocycles. The fourth-order valence-corrected chi connectivity index (χ4v) is 2.91. The van der Waals surface area contributed by atoms with E-state index in [4.69, 9.17) is 11.6 Å². The molecule has 3 nitrogen and oxygen atoms in total. The summed E-state index contributed by atoms with van der Waals surface area (Å²) < 4.78 is 0. The van der Waals surface area contributed by atoms with E-state index in [2.05, 4.69) is 15.5 Å². The van der Waals surface area contributed by atoms with Crippen molar-refractivity contribution in [2.75, 3.05) is 6.54 Å². The highest BCUT2D eigenvalue weighted by Gasteiger charge is 2.19. The molecule has 19 heavy (non-hydrogen) atoms. The number of halogens is 1. The van der Waals surface area contributed by atoms with Gasteiger partial charge in [-0.15, -0.1) is 21.5 Å². The van der Waals surface area contributed by atoms with E-state index in [1.807, 2.05) is 24.3 Å². The van der Waals surface area contributed by atoms with Gasteiger partial charge in [0, 0.05) is 30.5 Å². The molecule has 0 aliphatic heterocycles. The van der Waals surface area contributed by atoms with Crippen LogP contribution in [-0.2, 0) is 12.8 Å². The molecule has 0 atom stereocenters. The molecule has 1 heterocycles. The van der Waals surface area contributed by atoms with Gasteiger partial charge in [-0.05, 0) is 30.5 Å². The SMILES string of the molecule is Clc1ccc(Cc2nnc(CCNC3CC3)s2)cc1. The molecule has 0 bridgehead atoms. The van der Waals surface area contributed by atoms with Gasteiger partial charge in [0.1, 0.15) is 10.0 Å². The van der Waals surface area contributed by atoms with E-state index in [0.717, 1.165) is 40.5 Å². The van der Waals surface area contributed by atoms with Gasteiger partial charge >= 0.3 is 0 Å². The molecule has 1 aromatic heterocycles. The maximum atomic E-state index is 5.87. The van der Waals surface area contributed by atoms with Crippen LogP contribution in [0, 0.1) is 0 Å². The van der Waals surface area contributed by atoms with Crippen LogP contribution in [0.15, 0.2) is 24.3 Å².